The van der Waals surface area contributed by atoms with Crippen LogP contribution in [0.15, 0.2) is 23.6 Å². The van der Waals surface area contributed by atoms with Gasteiger partial charge in [-0.15, -0.1) is 11.3 Å². The number of thiazole rings is 1. The van der Waals surface area contributed by atoms with Crippen LogP contribution in [0.4, 0.5) is 0 Å². The second-order valence-electron chi connectivity index (χ2n) is 5.91. The summed E-state index contributed by atoms with van der Waals surface area (Å²) in [7, 11) is 0. The number of piperidine rings is 1. The lowest BCUT2D eigenvalue weighted by Crippen LogP contribution is -2.41. The molecule has 1 aromatic heterocycles. The Hall–Kier alpha value is -1.63. The monoisotopic (exact) mass is 398 g/mol. The highest BCUT2D eigenvalue weighted by molar-refractivity contribution is 7.13. The fourth-order valence-electron chi connectivity index (χ4n) is 2.85. The Balaban J connectivity index is 1.66. The van der Waals surface area contributed by atoms with Crippen LogP contribution in [0, 0.1) is 5.92 Å². The maximum atomic E-state index is 12.4. The molecule has 0 radical (unpaired) electrons. The van der Waals surface area contributed by atoms with Crippen molar-refractivity contribution in [2.75, 3.05) is 13.1 Å². The predicted molar refractivity (Wildman–Crippen MR) is 98.2 cm³/mol. The van der Waals surface area contributed by atoms with E-state index in [4.69, 9.17) is 28.3 Å². The van der Waals surface area contributed by atoms with E-state index in [1.54, 1.807) is 23.1 Å². The minimum atomic E-state index is -0.784. The number of aromatic nitrogens is 1. The van der Waals surface area contributed by atoms with Gasteiger partial charge in [-0.1, -0.05) is 29.3 Å². The molecule has 2 heterocycles. The molecule has 1 aromatic carbocycles. The Kier molecular flexibility index (Phi) is 5.61. The fourth-order valence-corrected chi connectivity index (χ4v) is 4.43. The van der Waals surface area contributed by atoms with Crippen molar-refractivity contribution in [3.8, 4) is 10.6 Å². The van der Waals surface area contributed by atoms with Gasteiger partial charge in [0, 0.05) is 24.0 Å². The molecule has 25 heavy (non-hydrogen) atoms. The first-order valence-electron chi connectivity index (χ1n) is 7.85. The van der Waals surface area contributed by atoms with E-state index in [0.29, 0.717) is 52.2 Å². The lowest BCUT2D eigenvalue weighted by Gasteiger charge is -2.30. The molecule has 1 fully saturated rings. The third-order valence-corrected chi connectivity index (χ3v) is 5.80. The first-order valence-corrected chi connectivity index (χ1v) is 9.48. The quantitative estimate of drug-likeness (QED) is 0.844. The number of carbonyl (C=O) groups is 2. The third-order valence-electron chi connectivity index (χ3n) is 4.26. The Morgan fingerprint density at radius 2 is 1.88 bits per heavy atom. The van der Waals surface area contributed by atoms with Gasteiger partial charge in [0.1, 0.15) is 5.01 Å². The molecule has 1 aliphatic rings. The first-order chi connectivity index (χ1) is 12.0. The second-order valence-corrected chi connectivity index (χ2v) is 7.58. The Morgan fingerprint density at radius 1 is 1.24 bits per heavy atom. The molecule has 5 nitrogen and oxygen atoms in total. The number of hydrogen-bond donors (Lipinski definition) is 1. The van der Waals surface area contributed by atoms with Crippen molar-refractivity contribution in [3.05, 3.63) is 39.3 Å². The molecule has 1 saturated heterocycles. The van der Waals surface area contributed by atoms with Crippen molar-refractivity contribution in [2.45, 2.75) is 19.3 Å². The molecule has 1 N–H and O–H groups in total. The van der Waals surface area contributed by atoms with Gasteiger partial charge in [-0.05, 0) is 25.0 Å². The van der Waals surface area contributed by atoms with Crippen LogP contribution in [0.5, 0.6) is 0 Å². The summed E-state index contributed by atoms with van der Waals surface area (Å²) in [4.78, 5) is 29.6. The highest BCUT2D eigenvalue weighted by Gasteiger charge is 2.27. The van der Waals surface area contributed by atoms with Crippen molar-refractivity contribution < 1.29 is 14.7 Å². The molecule has 0 atom stereocenters. The maximum Gasteiger partial charge on any atom is 0.306 e. The number of halogens is 2. The van der Waals surface area contributed by atoms with E-state index in [-0.39, 0.29) is 18.2 Å². The summed E-state index contributed by atoms with van der Waals surface area (Å²) in [6, 6.07) is 5.27. The van der Waals surface area contributed by atoms with Crippen LogP contribution >= 0.6 is 34.5 Å². The van der Waals surface area contributed by atoms with Crippen molar-refractivity contribution >= 4 is 46.4 Å². The summed E-state index contributed by atoms with van der Waals surface area (Å²) >= 11 is 13.8. The molecular formula is C17H16Cl2N2O3S. The highest BCUT2D eigenvalue weighted by atomic mass is 35.5. The van der Waals surface area contributed by atoms with Crippen LogP contribution in [0.3, 0.4) is 0 Å². The van der Waals surface area contributed by atoms with Crippen LogP contribution in [0.2, 0.25) is 10.0 Å². The number of aliphatic carboxylic acids is 1. The maximum absolute atomic E-state index is 12.4. The number of carboxylic acid groups (broad SMARTS) is 1. The van der Waals surface area contributed by atoms with E-state index >= 15 is 0 Å². The van der Waals surface area contributed by atoms with Gasteiger partial charge in [0.15, 0.2) is 0 Å². The topological polar surface area (TPSA) is 70.5 Å². The molecule has 3 rings (SSSR count). The zero-order valence-corrected chi connectivity index (χ0v) is 15.6. The van der Waals surface area contributed by atoms with Crippen molar-refractivity contribution in [3.63, 3.8) is 0 Å². The molecule has 0 saturated carbocycles. The molecule has 1 aliphatic heterocycles. The van der Waals surface area contributed by atoms with Gasteiger partial charge in [-0.2, -0.15) is 0 Å². The van der Waals surface area contributed by atoms with Crippen LogP contribution in [0.25, 0.3) is 10.6 Å². The highest BCUT2D eigenvalue weighted by Crippen LogP contribution is 2.36. The Morgan fingerprint density at radius 3 is 2.48 bits per heavy atom. The van der Waals surface area contributed by atoms with Crippen LogP contribution in [-0.2, 0) is 16.0 Å². The molecule has 132 valence electrons. The zero-order valence-electron chi connectivity index (χ0n) is 13.2. The molecule has 0 aliphatic carbocycles. The van der Waals surface area contributed by atoms with E-state index in [1.807, 2.05) is 5.38 Å². The number of likely N-dealkylation sites (tertiary alicyclic amines) is 1. The Labute approximate surface area is 159 Å². The molecular weight excluding hydrogens is 383 g/mol. The van der Waals surface area contributed by atoms with Gasteiger partial charge in [0.05, 0.1) is 28.1 Å². The summed E-state index contributed by atoms with van der Waals surface area (Å²) in [6.07, 6.45) is 1.19. The van der Waals surface area contributed by atoms with Gasteiger partial charge >= 0.3 is 5.97 Å². The minimum absolute atomic E-state index is 0.0362. The number of carboxylic acids is 1. The smallest absolute Gasteiger partial charge is 0.306 e. The normalized spacial score (nSPS) is 15.4. The minimum Gasteiger partial charge on any atom is -0.481 e. The lowest BCUT2D eigenvalue weighted by molar-refractivity contribution is -0.145. The van der Waals surface area contributed by atoms with Crippen LogP contribution in [0.1, 0.15) is 18.5 Å². The second kappa shape index (κ2) is 7.72. The average Bonchev–Trinajstić information content (AvgIpc) is 3.02. The molecule has 2 aromatic rings. The van der Waals surface area contributed by atoms with E-state index in [0.717, 1.165) is 0 Å². The van der Waals surface area contributed by atoms with Crippen molar-refractivity contribution in [1.82, 2.24) is 9.88 Å². The van der Waals surface area contributed by atoms with Gasteiger partial charge < -0.3 is 10.0 Å². The van der Waals surface area contributed by atoms with Crippen LogP contribution < -0.4 is 0 Å². The van der Waals surface area contributed by atoms with E-state index in [2.05, 4.69) is 4.98 Å². The van der Waals surface area contributed by atoms with E-state index in [1.165, 1.54) is 11.3 Å². The summed E-state index contributed by atoms with van der Waals surface area (Å²) in [5, 5.41) is 12.6. The molecule has 0 spiro atoms. The van der Waals surface area contributed by atoms with Crippen molar-refractivity contribution in [2.24, 2.45) is 5.92 Å². The third kappa shape index (κ3) is 4.14. The zero-order chi connectivity index (χ0) is 18.0. The van der Waals surface area contributed by atoms with Gasteiger partial charge in [-0.25, -0.2) is 4.98 Å². The van der Waals surface area contributed by atoms with Gasteiger partial charge in [0.2, 0.25) is 5.91 Å². The predicted octanol–water partition coefficient (Wildman–Crippen LogP) is 3.98. The SMILES string of the molecule is O=C(O)C1CCN(C(=O)Cc2csc(-c3c(Cl)cccc3Cl)n2)CC1. The summed E-state index contributed by atoms with van der Waals surface area (Å²) in [6.45, 7) is 0.951. The number of amides is 1. The van der Waals surface area contributed by atoms with E-state index < -0.39 is 5.97 Å². The van der Waals surface area contributed by atoms with Crippen molar-refractivity contribution in [1.29, 1.82) is 0 Å². The molecule has 0 unspecified atom stereocenters. The summed E-state index contributed by atoms with van der Waals surface area (Å²) in [5.41, 5.74) is 1.35. The molecule has 1 amide bonds. The fraction of sp³-hybridized carbons (Fsp3) is 0.353. The van der Waals surface area contributed by atoms with Crippen LogP contribution in [-0.4, -0.2) is 40.0 Å². The van der Waals surface area contributed by atoms with E-state index in [9.17, 15) is 9.59 Å². The number of benzene rings is 1. The summed E-state index contributed by atoms with van der Waals surface area (Å²) < 4.78 is 0. The first kappa shape index (κ1) is 18.2. The largest absolute Gasteiger partial charge is 0.481 e. The van der Waals surface area contributed by atoms with Gasteiger partial charge in [-0.3, -0.25) is 9.59 Å². The average molecular weight is 399 g/mol. The molecule has 8 heteroatoms. The molecule has 0 bridgehead atoms. The number of nitrogens with zero attached hydrogens (tertiary/aromatic N) is 2. The summed E-state index contributed by atoms with van der Waals surface area (Å²) in [5.74, 6) is -1.17. The Bertz CT molecular complexity index is 781. The number of hydrogen-bond acceptors (Lipinski definition) is 4. The van der Waals surface area contributed by atoms with Gasteiger partial charge in [0.25, 0.3) is 0 Å². The lowest BCUT2D eigenvalue weighted by atomic mass is 9.97. The standard InChI is InChI=1S/C17H16Cl2N2O3S/c18-12-2-1-3-13(19)15(12)16-20-11(9-25-16)8-14(22)21-6-4-10(5-7-21)17(23)24/h1-3,9-10H,4-8H2,(H,23,24). The number of rotatable bonds is 4. The number of carbonyl (C=O) groups excluding carboxylic acids is 1.